The fraction of sp³-hybridized carbons (Fsp3) is 0.944. The molecular weight excluding hydrogens is 290 g/mol. The number of rotatable bonds is 5. The fourth-order valence-electron chi connectivity index (χ4n) is 3.99. The Hall–Kier alpha value is -0.810. The molecule has 1 heterocycles. The van der Waals surface area contributed by atoms with Gasteiger partial charge in [0.15, 0.2) is 0 Å². The molecule has 0 aromatic rings. The Bertz CT molecular complexity index is 367. The van der Waals surface area contributed by atoms with Crippen LogP contribution in [0.3, 0.4) is 0 Å². The van der Waals surface area contributed by atoms with E-state index in [-0.39, 0.29) is 30.1 Å². The Morgan fingerprint density at radius 3 is 2.30 bits per heavy atom. The second-order valence-corrected chi connectivity index (χ2v) is 8.51. The Morgan fingerprint density at radius 1 is 1.17 bits per heavy atom. The quantitative estimate of drug-likeness (QED) is 0.727. The lowest BCUT2D eigenvalue weighted by molar-refractivity contribution is 0.143. The van der Waals surface area contributed by atoms with Gasteiger partial charge in [0.25, 0.3) is 0 Å². The van der Waals surface area contributed by atoms with E-state index in [9.17, 15) is 9.90 Å². The van der Waals surface area contributed by atoms with Crippen LogP contribution in [0, 0.1) is 5.41 Å². The molecule has 0 radical (unpaired) electrons. The maximum absolute atomic E-state index is 12.2. The number of aliphatic hydroxyl groups excluding tert-OH is 1. The molecule has 1 aliphatic carbocycles. The van der Waals surface area contributed by atoms with Crippen molar-refractivity contribution in [3.63, 3.8) is 0 Å². The second kappa shape index (κ2) is 8.34. The first-order valence-corrected chi connectivity index (χ1v) is 9.29. The summed E-state index contributed by atoms with van der Waals surface area (Å²) in [6.07, 6.45) is 8.30. The van der Waals surface area contributed by atoms with Crippen LogP contribution >= 0.6 is 0 Å². The number of amides is 2. The summed E-state index contributed by atoms with van der Waals surface area (Å²) < 4.78 is 0. The molecule has 0 spiro atoms. The van der Waals surface area contributed by atoms with Crippen LogP contribution in [0.1, 0.15) is 65.7 Å². The molecule has 1 atom stereocenters. The first-order chi connectivity index (χ1) is 10.9. The normalized spacial score (nSPS) is 23.0. The molecule has 5 heteroatoms. The van der Waals surface area contributed by atoms with Gasteiger partial charge in [0.05, 0.1) is 12.6 Å². The fourth-order valence-corrected chi connectivity index (χ4v) is 3.99. The number of nitrogens with zero attached hydrogens (tertiary/aromatic N) is 1. The zero-order chi connectivity index (χ0) is 16.9. The summed E-state index contributed by atoms with van der Waals surface area (Å²) in [4.78, 5) is 14.8. The third kappa shape index (κ3) is 6.30. The van der Waals surface area contributed by atoms with Gasteiger partial charge in [0.2, 0.25) is 0 Å². The van der Waals surface area contributed by atoms with Crippen LogP contribution in [0.5, 0.6) is 0 Å². The highest BCUT2D eigenvalue weighted by Gasteiger charge is 2.28. The van der Waals surface area contributed by atoms with Gasteiger partial charge in [-0.05, 0) is 37.5 Å². The number of hydrogen-bond donors (Lipinski definition) is 3. The smallest absolute Gasteiger partial charge is 0.315 e. The molecule has 2 amide bonds. The molecule has 3 N–H and O–H groups in total. The number of urea groups is 1. The van der Waals surface area contributed by atoms with Gasteiger partial charge in [-0.15, -0.1) is 0 Å². The van der Waals surface area contributed by atoms with E-state index in [4.69, 9.17) is 0 Å². The topological polar surface area (TPSA) is 64.6 Å². The van der Waals surface area contributed by atoms with Gasteiger partial charge in [-0.25, -0.2) is 4.79 Å². The van der Waals surface area contributed by atoms with E-state index in [1.165, 1.54) is 25.7 Å². The molecule has 1 aliphatic heterocycles. The standard InChI is InChI=1S/C18H35N3O2/c1-18(2,3)12-15(13-22)20-17(23)19-14-8-10-21(11-9-14)16-6-4-5-7-16/h14-16,22H,4-13H2,1-3H3,(H2,19,20,23). The number of carbonyl (C=O) groups excluding carboxylic acids is 1. The highest BCUT2D eigenvalue weighted by molar-refractivity contribution is 5.74. The van der Waals surface area contributed by atoms with Gasteiger partial charge in [0.1, 0.15) is 0 Å². The molecule has 23 heavy (non-hydrogen) atoms. The molecule has 134 valence electrons. The minimum absolute atomic E-state index is 0.00911. The number of aliphatic hydroxyl groups is 1. The van der Waals surface area contributed by atoms with Crippen LogP contribution in [0.25, 0.3) is 0 Å². The monoisotopic (exact) mass is 325 g/mol. The maximum atomic E-state index is 12.2. The summed E-state index contributed by atoms with van der Waals surface area (Å²) in [7, 11) is 0. The molecule has 2 fully saturated rings. The van der Waals surface area contributed by atoms with Crippen LogP contribution in [-0.2, 0) is 0 Å². The van der Waals surface area contributed by atoms with Gasteiger partial charge in [0, 0.05) is 25.2 Å². The molecular formula is C18H35N3O2. The van der Waals surface area contributed by atoms with E-state index < -0.39 is 0 Å². The highest BCUT2D eigenvalue weighted by atomic mass is 16.3. The highest BCUT2D eigenvalue weighted by Crippen LogP contribution is 2.26. The molecule has 1 saturated carbocycles. The minimum atomic E-state index is -0.173. The molecule has 2 rings (SSSR count). The van der Waals surface area contributed by atoms with E-state index >= 15 is 0 Å². The summed E-state index contributed by atoms with van der Waals surface area (Å²) in [5.74, 6) is 0. The Morgan fingerprint density at radius 2 is 1.78 bits per heavy atom. The van der Waals surface area contributed by atoms with Crippen molar-refractivity contribution in [1.29, 1.82) is 0 Å². The van der Waals surface area contributed by atoms with Crippen molar-refractivity contribution < 1.29 is 9.90 Å². The van der Waals surface area contributed by atoms with Crippen LogP contribution in [0.4, 0.5) is 4.79 Å². The maximum Gasteiger partial charge on any atom is 0.315 e. The second-order valence-electron chi connectivity index (χ2n) is 8.51. The Balaban J connectivity index is 1.69. The largest absolute Gasteiger partial charge is 0.394 e. The van der Waals surface area contributed by atoms with Crippen LogP contribution in [0.2, 0.25) is 0 Å². The first-order valence-electron chi connectivity index (χ1n) is 9.29. The number of nitrogens with one attached hydrogen (secondary N) is 2. The van der Waals surface area contributed by atoms with Crippen LogP contribution in [0.15, 0.2) is 0 Å². The van der Waals surface area contributed by atoms with E-state index in [0.717, 1.165) is 38.4 Å². The summed E-state index contributed by atoms with van der Waals surface area (Å²) in [5, 5.41) is 15.5. The van der Waals surface area contributed by atoms with Gasteiger partial charge >= 0.3 is 6.03 Å². The van der Waals surface area contributed by atoms with Crippen molar-refractivity contribution >= 4 is 6.03 Å². The van der Waals surface area contributed by atoms with Gasteiger partial charge in [-0.3, -0.25) is 0 Å². The Kier molecular flexibility index (Phi) is 6.72. The zero-order valence-electron chi connectivity index (χ0n) is 15.1. The van der Waals surface area contributed by atoms with Crippen molar-refractivity contribution in [2.45, 2.75) is 83.8 Å². The van der Waals surface area contributed by atoms with Crippen molar-refractivity contribution in [3.05, 3.63) is 0 Å². The van der Waals surface area contributed by atoms with Crippen molar-refractivity contribution in [2.75, 3.05) is 19.7 Å². The van der Waals surface area contributed by atoms with E-state index in [1.807, 2.05) is 0 Å². The number of carbonyl (C=O) groups is 1. The summed E-state index contributed by atoms with van der Waals surface area (Å²) in [6.45, 7) is 8.54. The molecule has 1 saturated heterocycles. The lowest BCUT2D eigenvalue weighted by Crippen LogP contribution is -2.52. The predicted molar refractivity (Wildman–Crippen MR) is 93.5 cm³/mol. The number of likely N-dealkylation sites (tertiary alicyclic amines) is 1. The average Bonchev–Trinajstić information content (AvgIpc) is 3.00. The van der Waals surface area contributed by atoms with E-state index in [1.54, 1.807) is 0 Å². The zero-order valence-corrected chi connectivity index (χ0v) is 15.1. The van der Waals surface area contributed by atoms with E-state index in [0.29, 0.717) is 0 Å². The minimum Gasteiger partial charge on any atom is -0.394 e. The summed E-state index contributed by atoms with van der Waals surface area (Å²) in [6, 6.07) is 0.748. The predicted octanol–water partition coefficient (Wildman–Crippen LogP) is 2.49. The van der Waals surface area contributed by atoms with Gasteiger partial charge < -0.3 is 20.6 Å². The van der Waals surface area contributed by atoms with Gasteiger partial charge in [-0.2, -0.15) is 0 Å². The Labute approximate surface area is 141 Å². The molecule has 0 bridgehead atoms. The molecule has 5 nitrogen and oxygen atoms in total. The molecule has 1 unspecified atom stereocenters. The summed E-state index contributed by atoms with van der Waals surface area (Å²) in [5.41, 5.74) is 0.0906. The average molecular weight is 325 g/mol. The van der Waals surface area contributed by atoms with Crippen LogP contribution < -0.4 is 10.6 Å². The SMILES string of the molecule is CC(C)(C)CC(CO)NC(=O)NC1CCN(C2CCCC2)CC1. The lowest BCUT2D eigenvalue weighted by atomic mass is 9.88. The summed E-state index contributed by atoms with van der Waals surface area (Å²) >= 11 is 0. The van der Waals surface area contributed by atoms with Crippen molar-refractivity contribution in [2.24, 2.45) is 5.41 Å². The van der Waals surface area contributed by atoms with Crippen molar-refractivity contribution in [3.8, 4) is 0 Å². The first kappa shape index (κ1) is 18.5. The van der Waals surface area contributed by atoms with E-state index in [2.05, 4.69) is 36.3 Å². The number of piperidine rings is 1. The van der Waals surface area contributed by atoms with Crippen molar-refractivity contribution in [1.82, 2.24) is 15.5 Å². The molecule has 0 aromatic carbocycles. The molecule has 0 aromatic heterocycles. The molecule has 2 aliphatic rings. The lowest BCUT2D eigenvalue weighted by Gasteiger charge is -2.36. The third-order valence-corrected chi connectivity index (χ3v) is 5.12. The number of hydrogen-bond acceptors (Lipinski definition) is 3. The van der Waals surface area contributed by atoms with Crippen LogP contribution in [-0.4, -0.2) is 53.9 Å². The third-order valence-electron chi connectivity index (χ3n) is 5.12. The van der Waals surface area contributed by atoms with Gasteiger partial charge in [-0.1, -0.05) is 33.6 Å².